The Hall–Kier alpha value is -2.67. The van der Waals surface area contributed by atoms with Crippen molar-refractivity contribution in [3.8, 4) is 22.8 Å². The van der Waals surface area contributed by atoms with Gasteiger partial charge in [-0.2, -0.15) is 0 Å². The van der Waals surface area contributed by atoms with Crippen LogP contribution in [-0.2, 0) is 9.53 Å². The molecule has 0 aliphatic rings. The van der Waals surface area contributed by atoms with Crippen LogP contribution >= 0.6 is 11.6 Å². The van der Waals surface area contributed by atoms with Crippen molar-refractivity contribution < 1.29 is 28.6 Å². The van der Waals surface area contributed by atoms with Crippen molar-refractivity contribution in [2.45, 2.75) is 13.8 Å². The molecule has 0 spiro atoms. The van der Waals surface area contributed by atoms with Gasteiger partial charge in [0.1, 0.15) is 0 Å². The van der Waals surface area contributed by atoms with Crippen molar-refractivity contribution in [2.75, 3.05) is 11.9 Å². The van der Waals surface area contributed by atoms with Gasteiger partial charge in [-0.3, -0.25) is 10.1 Å². The molecule has 1 heterocycles. The molecule has 23 heavy (non-hydrogen) atoms. The fourth-order valence-electron chi connectivity index (χ4n) is 1.78. The van der Waals surface area contributed by atoms with E-state index in [1.165, 1.54) is 0 Å². The summed E-state index contributed by atoms with van der Waals surface area (Å²) in [5, 5.41) is 13.0. The average molecular weight is 340 g/mol. The van der Waals surface area contributed by atoms with Crippen LogP contribution in [0.1, 0.15) is 13.8 Å². The molecule has 0 saturated heterocycles. The van der Waals surface area contributed by atoms with Gasteiger partial charge in [-0.1, -0.05) is 11.6 Å². The van der Waals surface area contributed by atoms with Crippen LogP contribution < -0.4 is 10.1 Å². The third-order valence-electron chi connectivity index (χ3n) is 2.68. The van der Waals surface area contributed by atoms with Crippen molar-refractivity contribution in [1.82, 2.24) is 0 Å². The molecule has 0 aliphatic carbocycles. The first-order chi connectivity index (χ1) is 10.9. The monoisotopic (exact) mass is 339 g/mol. The SMILES string of the molecule is CCOC(=O)Nc1oc(-c2ccc(Cl)cc2)c(O)c1OC(C)=O. The second-order valence-electron chi connectivity index (χ2n) is 4.38. The number of hydrogen-bond donors (Lipinski definition) is 2. The Bertz CT molecular complexity index is 722. The molecule has 1 amide bonds. The summed E-state index contributed by atoms with van der Waals surface area (Å²) in [7, 11) is 0. The summed E-state index contributed by atoms with van der Waals surface area (Å²) in [4.78, 5) is 22.7. The van der Waals surface area contributed by atoms with E-state index in [-0.39, 0.29) is 24.0 Å². The van der Waals surface area contributed by atoms with E-state index in [4.69, 9.17) is 25.5 Å². The summed E-state index contributed by atoms with van der Waals surface area (Å²) in [5.74, 6) is -1.62. The Morgan fingerprint density at radius 2 is 1.96 bits per heavy atom. The molecule has 0 atom stereocenters. The van der Waals surface area contributed by atoms with Gasteiger partial charge in [0.05, 0.1) is 6.61 Å². The lowest BCUT2D eigenvalue weighted by atomic mass is 10.1. The van der Waals surface area contributed by atoms with E-state index in [1.807, 2.05) is 0 Å². The molecule has 2 rings (SSSR count). The lowest BCUT2D eigenvalue weighted by Crippen LogP contribution is -2.14. The van der Waals surface area contributed by atoms with Gasteiger partial charge < -0.3 is 19.0 Å². The molecule has 0 unspecified atom stereocenters. The Balaban J connectivity index is 2.44. The number of aromatic hydroxyl groups is 1. The van der Waals surface area contributed by atoms with Gasteiger partial charge in [-0.05, 0) is 31.2 Å². The number of anilines is 1. The number of ether oxygens (including phenoxy) is 2. The molecular formula is C15H14ClNO6. The van der Waals surface area contributed by atoms with E-state index >= 15 is 0 Å². The number of hydrogen-bond acceptors (Lipinski definition) is 6. The fraction of sp³-hybridized carbons (Fsp3) is 0.200. The van der Waals surface area contributed by atoms with E-state index in [1.54, 1.807) is 31.2 Å². The first-order valence-corrected chi connectivity index (χ1v) is 7.04. The molecule has 0 aliphatic heterocycles. The zero-order valence-electron chi connectivity index (χ0n) is 12.4. The summed E-state index contributed by atoms with van der Waals surface area (Å²) < 4.78 is 15.0. The van der Waals surface area contributed by atoms with Crippen LogP contribution in [0.15, 0.2) is 28.7 Å². The maximum Gasteiger partial charge on any atom is 0.414 e. The maximum atomic E-state index is 11.5. The number of carbonyl (C=O) groups is 2. The number of esters is 1. The maximum absolute atomic E-state index is 11.5. The minimum atomic E-state index is -0.808. The van der Waals surface area contributed by atoms with Crippen LogP contribution in [0.5, 0.6) is 11.5 Å². The molecule has 0 saturated carbocycles. The van der Waals surface area contributed by atoms with Crippen molar-refractivity contribution in [3.63, 3.8) is 0 Å². The van der Waals surface area contributed by atoms with Crippen LogP contribution in [0.4, 0.5) is 10.7 Å². The lowest BCUT2D eigenvalue weighted by Gasteiger charge is -2.04. The molecule has 0 radical (unpaired) electrons. The van der Waals surface area contributed by atoms with Gasteiger partial charge in [0, 0.05) is 17.5 Å². The molecule has 8 heteroatoms. The Morgan fingerprint density at radius 1 is 1.30 bits per heavy atom. The van der Waals surface area contributed by atoms with Gasteiger partial charge in [0.2, 0.25) is 11.5 Å². The molecule has 7 nitrogen and oxygen atoms in total. The van der Waals surface area contributed by atoms with E-state index < -0.39 is 17.8 Å². The summed E-state index contributed by atoms with van der Waals surface area (Å²) >= 11 is 5.81. The van der Waals surface area contributed by atoms with E-state index in [0.717, 1.165) is 6.92 Å². The van der Waals surface area contributed by atoms with Gasteiger partial charge in [-0.25, -0.2) is 4.79 Å². The van der Waals surface area contributed by atoms with Gasteiger partial charge in [-0.15, -0.1) is 0 Å². The number of nitrogens with one attached hydrogen (secondary N) is 1. The average Bonchev–Trinajstić information content (AvgIpc) is 2.77. The Morgan fingerprint density at radius 3 is 2.52 bits per heavy atom. The first kappa shape index (κ1) is 16.7. The largest absolute Gasteiger partial charge is 0.502 e. The number of rotatable bonds is 4. The molecule has 0 bridgehead atoms. The van der Waals surface area contributed by atoms with Gasteiger partial charge >= 0.3 is 12.1 Å². The van der Waals surface area contributed by atoms with E-state index in [0.29, 0.717) is 10.6 Å². The van der Waals surface area contributed by atoms with Crippen LogP contribution in [0, 0.1) is 0 Å². The second kappa shape index (κ2) is 7.06. The smallest absolute Gasteiger partial charge is 0.414 e. The highest BCUT2D eigenvalue weighted by atomic mass is 35.5. The highest BCUT2D eigenvalue weighted by Gasteiger charge is 2.25. The zero-order chi connectivity index (χ0) is 17.0. The molecule has 2 aromatic rings. The molecule has 0 fully saturated rings. The number of carbonyl (C=O) groups excluding carboxylic acids is 2. The highest BCUT2D eigenvalue weighted by Crippen LogP contribution is 2.46. The van der Waals surface area contributed by atoms with Crippen LogP contribution in [-0.4, -0.2) is 23.8 Å². The van der Waals surface area contributed by atoms with Gasteiger partial charge in [0.15, 0.2) is 5.76 Å². The number of amides is 1. The third-order valence-corrected chi connectivity index (χ3v) is 2.94. The molecule has 2 N–H and O–H groups in total. The van der Waals surface area contributed by atoms with Crippen molar-refractivity contribution >= 4 is 29.5 Å². The summed E-state index contributed by atoms with van der Waals surface area (Å²) in [6, 6.07) is 6.41. The minimum absolute atomic E-state index is 0.0183. The molecule has 1 aromatic heterocycles. The van der Waals surface area contributed by atoms with Gasteiger partial charge in [0.25, 0.3) is 5.88 Å². The number of halogens is 1. The van der Waals surface area contributed by atoms with Crippen molar-refractivity contribution in [3.05, 3.63) is 29.3 Å². The van der Waals surface area contributed by atoms with Crippen molar-refractivity contribution in [2.24, 2.45) is 0 Å². The van der Waals surface area contributed by atoms with Crippen LogP contribution in [0.2, 0.25) is 5.02 Å². The predicted molar refractivity (Wildman–Crippen MR) is 82.8 cm³/mol. The van der Waals surface area contributed by atoms with Crippen LogP contribution in [0.25, 0.3) is 11.3 Å². The van der Waals surface area contributed by atoms with E-state index in [9.17, 15) is 14.7 Å². The predicted octanol–water partition coefficient (Wildman–Crippen LogP) is 3.80. The van der Waals surface area contributed by atoms with E-state index in [2.05, 4.69) is 5.32 Å². The Labute approximate surface area is 136 Å². The third kappa shape index (κ3) is 3.95. The summed E-state index contributed by atoms with van der Waals surface area (Å²) in [5.41, 5.74) is 0.484. The number of furan rings is 1. The zero-order valence-corrected chi connectivity index (χ0v) is 13.1. The molecule has 122 valence electrons. The number of benzene rings is 1. The quantitative estimate of drug-likeness (QED) is 0.822. The standard InChI is InChI=1S/C15H14ClNO6/c1-3-21-15(20)17-14-13(22-8(2)18)11(19)12(23-14)9-4-6-10(16)7-5-9/h4-7,19H,3H2,1-2H3,(H,17,20). The van der Waals surface area contributed by atoms with Crippen LogP contribution in [0.3, 0.4) is 0 Å². The second-order valence-corrected chi connectivity index (χ2v) is 4.82. The minimum Gasteiger partial charge on any atom is -0.502 e. The summed E-state index contributed by atoms with van der Waals surface area (Å²) in [6.45, 7) is 2.93. The topological polar surface area (TPSA) is 98.0 Å². The normalized spacial score (nSPS) is 10.2. The molecule has 1 aromatic carbocycles. The molecular weight excluding hydrogens is 326 g/mol. The lowest BCUT2D eigenvalue weighted by molar-refractivity contribution is -0.132. The fourth-order valence-corrected chi connectivity index (χ4v) is 1.91. The van der Waals surface area contributed by atoms with Crippen molar-refractivity contribution in [1.29, 1.82) is 0 Å². The first-order valence-electron chi connectivity index (χ1n) is 6.66. The summed E-state index contributed by atoms with van der Waals surface area (Å²) in [6.07, 6.45) is -0.808. The highest BCUT2D eigenvalue weighted by molar-refractivity contribution is 6.30. The Kier molecular flexibility index (Phi) is 5.13.